The van der Waals surface area contributed by atoms with Gasteiger partial charge in [0.2, 0.25) is 0 Å². The van der Waals surface area contributed by atoms with Crippen molar-refractivity contribution in [1.29, 1.82) is 0 Å². The van der Waals surface area contributed by atoms with Crippen molar-refractivity contribution >= 4 is 11.4 Å². The van der Waals surface area contributed by atoms with E-state index < -0.39 is 0 Å². The van der Waals surface area contributed by atoms with Gasteiger partial charge in [-0.05, 0) is 20.3 Å². The second-order valence-corrected chi connectivity index (χ2v) is 2.70. The van der Waals surface area contributed by atoms with Crippen LogP contribution in [0, 0.1) is 0 Å². The normalized spacial score (nSPS) is 25.7. The number of rotatable bonds is 1. The van der Waals surface area contributed by atoms with Crippen LogP contribution in [0.15, 0.2) is 9.98 Å². The fourth-order valence-electron chi connectivity index (χ4n) is 1.17. The zero-order chi connectivity index (χ0) is 7.56. The van der Waals surface area contributed by atoms with Crippen LogP contribution in [-0.4, -0.2) is 24.0 Å². The monoisotopic (exact) mass is 138 g/mol. The lowest BCUT2D eigenvalue weighted by Crippen LogP contribution is -2.21. The third kappa shape index (κ3) is 1.43. The fraction of sp³-hybridized carbons (Fsp3) is 0.750. The maximum Gasteiger partial charge on any atom is 0.0670 e. The maximum absolute atomic E-state index is 4.42. The molecular weight excluding hydrogens is 124 g/mol. The Morgan fingerprint density at radius 3 is 2.80 bits per heavy atom. The third-order valence-electron chi connectivity index (χ3n) is 1.71. The molecule has 0 aliphatic carbocycles. The van der Waals surface area contributed by atoms with Crippen molar-refractivity contribution in [2.75, 3.05) is 6.54 Å². The van der Waals surface area contributed by atoms with Crippen LogP contribution in [0.1, 0.15) is 27.2 Å². The summed E-state index contributed by atoms with van der Waals surface area (Å²) in [6, 6.07) is 0.398. The molecule has 1 aliphatic heterocycles. The molecule has 1 rings (SSSR count). The average Bonchev–Trinajstić information content (AvgIpc) is 1.88. The van der Waals surface area contributed by atoms with Crippen molar-refractivity contribution in [1.82, 2.24) is 0 Å². The highest BCUT2D eigenvalue weighted by atomic mass is 14.9. The van der Waals surface area contributed by atoms with Crippen LogP contribution in [0.5, 0.6) is 0 Å². The van der Waals surface area contributed by atoms with Crippen LogP contribution in [0.4, 0.5) is 0 Å². The summed E-state index contributed by atoms with van der Waals surface area (Å²) < 4.78 is 0. The summed E-state index contributed by atoms with van der Waals surface area (Å²) in [4.78, 5) is 8.82. The predicted octanol–water partition coefficient (Wildman–Crippen LogP) is 1.70. The van der Waals surface area contributed by atoms with Crippen molar-refractivity contribution in [3.8, 4) is 0 Å². The second kappa shape index (κ2) is 2.95. The van der Waals surface area contributed by atoms with Crippen molar-refractivity contribution in [3.63, 3.8) is 0 Å². The molecule has 2 heteroatoms. The van der Waals surface area contributed by atoms with E-state index in [-0.39, 0.29) is 0 Å². The molecule has 56 valence electrons. The SMILES string of the molecule is CCC1=NCC(C)N=C1C. The van der Waals surface area contributed by atoms with Crippen LogP contribution >= 0.6 is 0 Å². The van der Waals surface area contributed by atoms with Gasteiger partial charge < -0.3 is 0 Å². The minimum Gasteiger partial charge on any atom is -0.286 e. The highest BCUT2D eigenvalue weighted by Crippen LogP contribution is 2.03. The summed E-state index contributed by atoms with van der Waals surface area (Å²) >= 11 is 0. The summed E-state index contributed by atoms with van der Waals surface area (Å²) in [5, 5.41) is 0. The lowest BCUT2D eigenvalue weighted by molar-refractivity contribution is 0.745. The quantitative estimate of drug-likeness (QED) is 0.527. The molecule has 1 aliphatic rings. The summed E-state index contributed by atoms with van der Waals surface area (Å²) in [5.41, 5.74) is 2.30. The van der Waals surface area contributed by atoms with Crippen LogP contribution in [0.2, 0.25) is 0 Å². The summed E-state index contributed by atoms with van der Waals surface area (Å²) in [6.45, 7) is 7.13. The molecule has 0 N–H and O–H groups in total. The Bertz CT molecular complexity index is 180. The van der Waals surface area contributed by atoms with Crippen LogP contribution in [-0.2, 0) is 0 Å². The minimum atomic E-state index is 0.398. The molecule has 0 fully saturated rings. The maximum atomic E-state index is 4.42. The van der Waals surface area contributed by atoms with Crippen molar-refractivity contribution < 1.29 is 0 Å². The Kier molecular flexibility index (Phi) is 2.20. The largest absolute Gasteiger partial charge is 0.286 e. The lowest BCUT2D eigenvalue weighted by atomic mass is 10.1. The van der Waals surface area contributed by atoms with Gasteiger partial charge in [-0.2, -0.15) is 0 Å². The van der Waals surface area contributed by atoms with Crippen molar-refractivity contribution in [2.24, 2.45) is 9.98 Å². The number of hydrogen-bond acceptors (Lipinski definition) is 2. The standard InChI is InChI=1S/C8H14N2/c1-4-8-7(3)10-6(2)5-9-8/h6H,4-5H2,1-3H3. The second-order valence-electron chi connectivity index (χ2n) is 2.70. The van der Waals surface area contributed by atoms with Gasteiger partial charge >= 0.3 is 0 Å². The van der Waals surface area contributed by atoms with Gasteiger partial charge in [0.05, 0.1) is 24.0 Å². The molecule has 1 unspecified atom stereocenters. The number of hydrogen-bond donors (Lipinski definition) is 0. The smallest absolute Gasteiger partial charge is 0.0670 e. The summed E-state index contributed by atoms with van der Waals surface area (Å²) in [6.07, 6.45) is 1.02. The van der Waals surface area contributed by atoms with Gasteiger partial charge in [-0.25, -0.2) is 0 Å². The number of nitrogens with zero attached hydrogens (tertiary/aromatic N) is 2. The van der Waals surface area contributed by atoms with E-state index in [9.17, 15) is 0 Å². The summed E-state index contributed by atoms with van der Waals surface area (Å²) in [7, 11) is 0. The van der Waals surface area contributed by atoms with Gasteiger partial charge in [0.15, 0.2) is 0 Å². The van der Waals surface area contributed by atoms with Gasteiger partial charge in [-0.15, -0.1) is 0 Å². The highest BCUT2D eigenvalue weighted by molar-refractivity contribution is 6.41. The van der Waals surface area contributed by atoms with Crippen LogP contribution in [0.3, 0.4) is 0 Å². The molecule has 0 aromatic carbocycles. The van der Waals surface area contributed by atoms with E-state index >= 15 is 0 Å². The molecule has 0 aromatic heterocycles. The van der Waals surface area contributed by atoms with Crippen molar-refractivity contribution in [3.05, 3.63) is 0 Å². The third-order valence-corrected chi connectivity index (χ3v) is 1.71. The first-order chi connectivity index (χ1) is 4.74. The minimum absolute atomic E-state index is 0.398. The van der Waals surface area contributed by atoms with E-state index in [1.165, 1.54) is 5.71 Å². The predicted molar refractivity (Wildman–Crippen MR) is 45.2 cm³/mol. The Morgan fingerprint density at radius 1 is 1.60 bits per heavy atom. The van der Waals surface area contributed by atoms with Gasteiger partial charge in [0, 0.05) is 0 Å². The van der Waals surface area contributed by atoms with Crippen LogP contribution < -0.4 is 0 Å². The van der Waals surface area contributed by atoms with Crippen molar-refractivity contribution in [2.45, 2.75) is 33.2 Å². The van der Waals surface area contributed by atoms with Gasteiger partial charge in [0.25, 0.3) is 0 Å². The molecule has 0 aromatic rings. The molecule has 0 saturated heterocycles. The van der Waals surface area contributed by atoms with Gasteiger partial charge in [-0.1, -0.05) is 6.92 Å². The topological polar surface area (TPSA) is 24.7 Å². The van der Waals surface area contributed by atoms with E-state index in [2.05, 4.69) is 23.8 Å². The van der Waals surface area contributed by atoms with E-state index in [0.717, 1.165) is 18.7 Å². The van der Waals surface area contributed by atoms with E-state index in [0.29, 0.717) is 6.04 Å². The Labute approximate surface area is 62.1 Å². The fourth-order valence-corrected chi connectivity index (χ4v) is 1.17. The number of aliphatic imine (C=N–C) groups is 2. The zero-order valence-electron chi connectivity index (χ0n) is 6.89. The molecule has 0 saturated carbocycles. The molecule has 0 radical (unpaired) electrons. The Hall–Kier alpha value is -0.660. The van der Waals surface area contributed by atoms with Crippen LogP contribution in [0.25, 0.3) is 0 Å². The first-order valence-corrected chi connectivity index (χ1v) is 3.82. The van der Waals surface area contributed by atoms with E-state index in [1.807, 2.05) is 6.92 Å². The molecule has 1 atom stereocenters. The van der Waals surface area contributed by atoms with E-state index in [1.54, 1.807) is 0 Å². The lowest BCUT2D eigenvalue weighted by Gasteiger charge is -2.13. The molecule has 0 spiro atoms. The van der Waals surface area contributed by atoms with E-state index in [4.69, 9.17) is 0 Å². The van der Waals surface area contributed by atoms with Gasteiger partial charge in [-0.3, -0.25) is 9.98 Å². The molecule has 10 heavy (non-hydrogen) atoms. The highest BCUT2D eigenvalue weighted by Gasteiger charge is 2.09. The summed E-state index contributed by atoms with van der Waals surface area (Å²) in [5.74, 6) is 0. The molecular formula is C8H14N2. The Balaban J connectivity index is 2.71. The molecule has 1 heterocycles. The zero-order valence-corrected chi connectivity index (χ0v) is 6.89. The Morgan fingerprint density at radius 2 is 2.30 bits per heavy atom. The first-order valence-electron chi connectivity index (χ1n) is 3.82. The molecule has 0 bridgehead atoms. The molecule has 0 amide bonds. The average molecular weight is 138 g/mol. The first kappa shape index (κ1) is 7.45. The van der Waals surface area contributed by atoms with Gasteiger partial charge in [0.1, 0.15) is 0 Å². The molecule has 2 nitrogen and oxygen atoms in total.